The van der Waals surface area contributed by atoms with Gasteiger partial charge in [-0.25, -0.2) is 0 Å². The fourth-order valence-electron chi connectivity index (χ4n) is 3.64. The van der Waals surface area contributed by atoms with Gasteiger partial charge >= 0.3 is 0 Å². The fraction of sp³-hybridized carbons (Fsp3) is 0.333. The van der Waals surface area contributed by atoms with Crippen LogP contribution in [0.5, 0.6) is 5.75 Å². The number of nitrogens with zero attached hydrogens (tertiary/aromatic N) is 1. The lowest BCUT2D eigenvalue weighted by Gasteiger charge is -2.17. The van der Waals surface area contributed by atoms with E-state index in [0.29, 0.717) is 23.4 Å². The Balaban J connectivity index is 1.58. The molecule has 0 aliphatic carbocycles. The number of ether oxygens (including phenoxy) is 1. The molecular weight excluding hydrogens is 328 g/mol. The van der Waals surface area contributed by atoms with Gasteiger partial charge in [0.25, 0.3) is 5.91 Å². The van der Waals surface area contributed by atoms with Crippen LogP contribution < -0.4 is 15.0 Å². The van der Waals surface area contributed by atoms with Gasteiger partial charge in [0.15, 0.2) is 0 Å². The Kier molecular flexibility index (Phi) is 4.15. The molecule has 26 heavy (non-hydrogen) atoms. The van der Waals surface area contributed by atoms with Crippen molar-refractivity contribution in [2.75, 3.05) is 16.8 Å². The van der Waals surface area contributed by atoms with E-state index in [4.69, 9.17) is 4.74 Å². The van der Waals surface area contributed by atoms with E-state index in [9.17, 15) is 9.59 Å². The van der Waals surface area contributed by atoms with E-state index >= 15 is 0 Å². The average molecular weight is 350 g/mol. The number of rotatable bonds is 3. The van der Waals surface area contributed by atoms with E-state index in [-0.39, 0.29) is 23.8 Å². The van der Waals surface area contributed by atoms with E-state index in [0.717, 1.165) is 24.2 Å². The molecule has 2 aromatic rings. The predicted molar refractivity (Wildman–Crippen MR) is 101 cm³/mol. The standard InChI is InChI=1S/C21H22N2O3/c1-13-14(2)26-20-17(13)8-4-9-18(20)21(25)22-15-6-3-7-16(12-15)23-11-5-10-19(23)24/h3-4,6-9,12-14H,5,10-11H2,1-2H3,(H,22,25)/t13-,14-/m1/s1. The highest BCUT2D eigenvalue weighted by Gasteiger charge is 2.31. The first-order valence-electron chi connectivity index (χ1n) is 9.06. The van der Waals surface area contributed by atoms with Crippen molar-refractivity contribution in [3.63, 3.8) is 0 Å². The Bertz CT molecular complexity index is 877. The molecule has 0 radical (unpaired) electrons. The van der Waals surface area contributed by atoms with Gasteiger partial charge in [-0.05, 0) is 37.6 Å². The topological polar surface area (TPSA) is 58.6 Å². The van der Waals surface area contributed by atoms with Crippen molar-refractivity contribution < 1.29 is 14.3 Å². The molecule has 2 aromatic carbocycles. The molecule has 1 fully saturated rings. The van der Waals surface area contributed by atoms with Gasteiger partial charge in [-0.1, -0.05) is 25.1 Å². The molecule has 2 aliphatic rings. The van der Waals surface area contributed by atoms with Gasteiger partial charge in [0.2, 0.25) is 5.91 Å². The van der Waals surface area contributed by atoms with Crippen molar-refractivity contribution in [1.82, 2.24) is 0 Å². The SMILES string of the molecule is C[C@H]1Oc2c(C(=O)Nc3cccc(N4CCCC4=O)c3)cccc2[C@@H]1C. The quantitative estimate of drug-likeness (QED) is 0.912. The summed E-state index contributed by atoms with van der Waals surface area (Å²) in [4.78, 5) is 26.5. The Hall–Kier alpha value is -2.82. The monoisotopic (exact) mass is 350 g/mol. The van der Waals surface area contributed by atoms with Crippen molar-refractivity contribution in [3.05, 3.63) is 53.6 Å². The highest BCUT2D eigenvalue weighted by Crippen LogP contribution is 2.40. The molecule has 0 unspecified atom stereocenters. The molecule has 4 rings (SSSR count). The zero-order chi connectivity index (χ0) is 18.3. The van der Waals surface area contributed by atoms with Crippen molar-refractivity contribution in [2.45, 2.75) is 38.7 Å². The van der Waals surface area contributed by atoms with Gasteiger partial charge in [0.05, 0.1) is 5.56 Å². The third-order valence-electron chi connectivity index (χ3n) is 5.28. The minimum atomic E-state index is -0.201. The molecule has 2 heterocycles. The van der Waals surface area contributed by atoms with Crippen LogP contribution >= 0.6 is 0 Å². The molecule has 0 spiro atoms. The Labute approximate surface area is 153 Å². The largest absolute Gasteiger partial charge is 0.489 e. The van der Waals surface area contributed by atoms with Crippen LogP contribution in [0.15, 0.2) is 42.5 Å². The molecule has 5 heteroatoms. The minimum absolute atomic E-state index is 0.0588. The second-order valence-electron chi connectivity index (χ2n) is 6.99. The Morgan fingerprint density at radius 1 is 1.19 bits per heavy atom. The third-order valence-corrected chi connectivity index (χ3v) is 5.28. The summed E-state index contributed by atoms with van der Waals surface area (Å²) in [6.07, 6.45) is 1.52. The average Bonchev–Trinajstić information content (AvgIpc) is 3.19. The molecular formula is C21H22N2O3. The molecule has 0 bridgehead atoms. The van der Waals surface area contributed by atoms with Crippen LogP contribution in [0.2, 0.25) is 0 Å². The number of anilines is 2. The van der Waals surface area contributed by atoms with Crippen LogP contribution in [0.1, 0.15) is 48.5 Å². The van der Waals surface area contributed by atoms with Gasteiger partial charge in [-0.15, -0.1) is 0 Å². The van der Waals surface area contributed by atoms with Gasteiger partial charge in [0, 0.05) is 35.8 Å². The van der Waals surface area contributed by atoms with E-state index in [1.165, 1.54) is 0 Å². The first kappa shape index (κ1) is 16.6. The van der Waals surface area contributed by atoms with Crippen LogP contribution in [-0.2, 0) is 4.79 Å². The number of carbonyl (C=O) groups is 2. The highest BCUT2D eigenvalue weighted by molar-refractivity contribution is 6.07. The molecule has 134 valence electrons. The maximum atomic E-state index is 12.8. The molecule has 2 aliphatic heterocycles. The maximum Gasteiger partial charge on any atom is 0.259 e. The molecule has 5 nitrogen and oxygen atoms in total. The summed E-state index contributed by atoms with van der Waals surface area (Å²) in [6, 6.07) is 13.1. The summed E-state index contributed by atoms with van der Waals surface area (Å²) in [5.41, 5.74) is 3.11. The molecule has 2 amide bonds. The van der Waals surface area contributed by atoms with Crippen molar-refractivity contribution in [3.8, 4) is 5.75 Å². The second-order valence-corrected chi connectivity index (χ2v) is 6.99. The van der Waals surface area contributed by atoms with Crippen molar-refractivity contribution in [2.24, 2.45) is 0 Å². The molecule has 0 saturated carbocycles. The van der Waals surface area contributed by atoms with Gasteiger partial charge in [0.1, 0.15) is 11.9 Å². The summed E-state index contributed by atoms with van der Waals surface area (Å²) in [6.45, 7) is 4.85. The number of amides is 2. The van der Waals surface area contributed by atoms with E-state index in [1.54, 1.807) is 11.0 Å². The zero-order valence-electron chi connectivity index (χ0n) is 15.0. The van der Waals surface area contributed by atoms with Gasteiger partial charge in [-0.2, -0.15) is 0 Å². The lowest BCUT2D eigenvalue weighted by Crippen LogP contribution is -2.23. The van der Waals surface area contributed by atoms with Crippen molar-refractivity contribution in [1.29, 1.82) is 0 Å². The Morgan fingerprint density at radius 2 is 2.00 bits per heavy atom. The first-order chi connectivity index (χ1) is 12.5. The summed E-state index contributed by atoms with van der Waals surface area (Å²) >= 11 is 0. The van der Waals surface area contributed by atoms with E-state index < -0.39 is 0 Å². The molecule has 1 N–H and O–H groups in total. The van der Waals surface area contributed by atoms with Crippen LogP contribution in [0.3, 0.4) is 0 Å². The van der Waals surface area contributed by atoms with E-state index in [2.05, 4.69) is 12.2 Å². The number of benzene rings is 2. The van der Waals surface area contributed by atoms with Crippen LogP contribution in [0, 0.1) is 0 Å². The molecule has 1 saturated heterocycles. The molecule has 0 aromatic heterocycles. The number of fused-ring (bicyclic) bond motifs is 1. The van der Waals surface area contributed by atoms with Crippen LogP contribution in [-0.4, -0.2) is 24.5 Å². The highest BCUT2D eigenvalue weighted by atomic mass is 16.5. The summed E-state index contributed by atoms with van der Waals surface area (Å²) < 4.78 is 5.91. The summed E-state index contributed by atoms with van der Waals surface area (Å²) in [7, 11) is 0. The number of carbonyl (C=O) groups excluding carboxylic acids is 2. The third kappa shape index (κ3) is 2.83. The fourth-order valence-corrected chi connectivity index (χ4v) is 3.64. The number of hydrogen-bond donors (Lipinski definition) is 1. The first-order valence-corrected chi connectivity index (χ1v) is 9.06. The smallest absolute Gasteiger partial charge is 0.259 e. The maximum absolute atomic E-state index is 12.8. The Morgan fingerprint density at radius 3 is 2.77 bits per heavy atom. The predicted octanol–water partition coefficient (Wildman–Crippen LogP) is 3.95. The number of hydrogen-bond acceptors (Lipinski definition) is 3. The number of nitrogens with one attached hydrogen (secondary N) is 1. The van der Waals surface area contributed by atoms with Crippen LogP contribution in [0.4, 0.5) is 11.4 Å². The van der Waals surface area contributed by atoms with Crippen LogP contribution in [0.25, 0.3) is 0 Å². The summed E-state index contributed by atoms with van der Waals surface area (Å²) in [5.74, 6) is 0.872. The second kappa shape index (κ2) is 6.48. The lowest BCUT2D eigenvalue weighted by atomic mass is 9.97. The van der Waals surface area contributed by atoms with Gasteiger partial charge < -0.3 is 15.0 Å². The number of para-hydroxylation sites is 1. The lowest BCUT2D eigenvalue weighted by molar-refractivity contribution is -0.117. The van der Waals surface area contributed by atoms with E-state index in [1.807, 2.05) is 43.3 Å². The van der Waals surface area contributed by atoms with Gasteiger partial charge in [-0.3, -0.25) is 9.59 Å². The minimum Gasteiger partial charge on any atom is -0.489 e. The zero-order valence-corrected chi connectivity index (χ0v) is 15.0. The van der Waals surface area contributed by atoms with Crippen molar-refractivity contribution >= 4 is 23.2 Å². The normalized spacial score (nSPS) is 21.5. The molecule has 2 atom stereocenters. The summed E-state index contributed by atoms with van der Waals surface area (Å²) in [5, 5.41) is 2.94.